The van der Waals surface area contributed by atoms with Gasteiger partial charge >= 0.3 is 0 Å². The summed E-state index contributed by atoms with van der Waals surface area (Å²) in [7, 11) is 0. The molecule has 0 bridgehead atoms. The van der Waals surface area contributed by atoms with Crippen LogP contribution in [0, 0.1) is 6.92 Å². The standard InChI is InChI=1S/C15H21N5O2/c1-11(2)20-14(17-18-19-20)8-9-16-15(21)10-22-13-6-4-12(3)5-7-13/h4-7,11H,8-10H2,1-3H3,(H,16,21). The van der Waals surface area contributed by atoms with Gasteiger partial charge in [-0.25, -0.2) is 4.68 Å². The molecule has 0 aliphatic heterocycles. The zero-order valence-electron chi connectivity index (χ0n) is 13.1. The van der Waals surface area contributed by atoms with Crippen LogP contribution >= 0.6 is 0 Å². The molecule has 7 heteroatoms. The van der Waals surface area contributed by atoms with Gasteiger partial charge in [0.1, 0.15) is 5.75 Å². The number of carbonyl (C=O) groups excluding carboxylic acids is 1. The molecule has 2 rings (SSSR count). The van der Waals surface area contributed by atoms with Gasteiger partial charge < -0.3 is 10.1 Å². The quantitative estimate of drug-likeness (QED) is 0.833. The third kappa shape index (κ3) is 4.54. The number of hydrogen-bond donors (Lipinski definition) is 1. The average molecular weight is 303 g/mol. The van der Waals surface area contributed by atoms with E-state index in [1.807, 2.05) is 45.0 Å². The van der Waals surface area contributed by atoms with Crippen LogP contribution in [0.4, 0.5) is 0 Å². The van der Waals surface area contributed by atoms with E-state index < -0.39 is 0 Å². The van der Waals surface area contributed by atoms with E-state index in [4.69, 9.17) is 4.74 Å². The number of amides is 1. The van der Waals surface area contributed by atoms with Gasteiger partial charge in [0, 0.05) is 13.0 Å². The van der Waals surface area contributed by atoms with Gasteiger partial charge in [0.05, 0.1) is 6.04 Å². The zero-order chi connectivity index (χ0) is 15.9. The molecular formula is C15H21N5O2. The van der Waals surface area contributed by atoms with Gasteiger partial charge in [-0.15, -0.1) is 5.10 Å². The van der Waals surface area contributed by atoms with Crippen molar-refractivity contribution >= 4 is 5.91 Å². The fourth-order valence-corrected chi connectivity index (χ4v) is 1.93. The Morgan fingerprint density at radius 3 is 2.73 bits per heavy atom. The van der Waals surface area contributed by atoms with Crippen LogP contribution in [0.2, 0.25) is 0 Å². The molecule has 1 heterocycles. The van der Waals surface area contributed by atoms with Gasteiger partial charge in [0.15, 0.2) is 12.4 Å². The number of nitrogens with one attached hydrogen (secondary N) is 1. The van der Waals surface area contributed by atoms with E-state index in [1.165, 1.54) is 0 Å². The Kier molecular flexibility index (Phi) is 5.46. The van der Waals surface area contributed by atoms with Crippen LogP contribution in [0.25, 0.3) is 0 Å². The Morgan fingerprint density at radius 2 is 2.05 bits per heavy atom. The third-order valence-corrected chi connectivity index (χ3v) is 3.11. The predicted octanol–water partition coefficient (Wildman–Crippen LogP) is 1.30. The van der Waals surface area contributed by atoms with Crippen molar-refractivity contribution in [3.05, 3.63) is 35.7 Å². The second-order valence-electron chi connectivity index (χ2n) is 5.34. The first-order valence-corrected chi connectivity index (χ1v) is 7.29. The van der Waals surface area contributed by atoms with Crippen molar-refractivity contribution in [2.45, 2.75) is 33.2 Å². The van der Waals surface area contributed by atoms with Crippen molar-refractivity contribution < 1.29 is 9.53 Å². The SMILES string of the molecule is Cc1ccc(OCC(=O)NCCc2nnnn2C(C)C)cc1. The van der Waals surface area contributed by atoms with E-state index in [0.717, 1.165) is 11.4 Å². The van der Waals surface area contributed by atoms with E-state index in [-0.39, 0.29) is 18.6 Å². The molecule has 0 fully saturated rings. The van der Waals surface area contributed by atoms with Crippen LogP contribution in [0.3, 0.4) is 0 Å². The smallest absolute Gasteiger partial charge is 0.257 e. The molecule has 118 valence electrons. The number of rotatable bonds is 7. The number of carbonyl (C=O) groups is 1. The van der Waals surface area contributed by atoms with Crippen molar-refractivity contribution in [2.24, 2.45) is 0 Å². The molecule has 0 saturated heterocycles. The monoisotopic (exact) mass is 303 g/mol. The van der Waals surface area contributed by atoms with E-state index in [2.05, 4.69) is 20.8 Å². The lowest BCUT2D eigenvalue weighted by molar-refractivity contribution is -0.123. The fraction of sp³-hybridized carbons (Fsp3) is 0.467. The average Bonchev–Trinajstić information content (AvgIpc) is 2.95. The number of hydrogen-bond acceptors (Lipinski definition) is 5. The minimum Gasteiger partial charge on any atom is -0.484 e. The summed E-state index contributed by atoms with van der Waals surface area (Å²) >= 11 is 0. The predicted molar refractivity (Wildman–Crippen MR) is 81.6 cm³/mol. The highest BCUT2D eigenvalue weighted by Gasteiger charge is 2.09. The van der Waals surface area contributed by atoms with Gasteiger partial charge in [-0.2, -0.15) is 0 Å². The van der Waals surface area contributed by atoms with Crippen LogP contribution in [0.15, 0.2) is 24.3 Å². The maximum Gasteiger partial charge on any atom is 0.257 e. The molecule has 0 aliphatic rings. The summed E-state index contributed by atoms with van der Waals surface area (Å²) in [5.41, 5.74) is 1.15. The summed E-state index contributed by atoms with van der Waals surface area (Å²) < 4.78 is 7.16. The highest BCUT2D eigenvalue weighted by atomic mass is 16.5. The van der Waals surface area contributed by atoms with Gasteiger partial charge in [0.25, 0.3) is 5.91 Å². The largest absolute Gasteiger partial charge is 0.484 e. The maximum absolute atomic E-state index is 11.7. The Morgan fingerprint density at radius 1 is 1.32 bits per heavy atom. The summed E-state index contributed by atoms with van der Waals surface area (Å²) in [5.74, 6) is 1.28. The van der Waals surface area contributed by atoms with Gasteiger partial charge in [0.2, 0.25) is 0 Å². The second-order valence-corrected chi connectivity index (χ2v) is 5.34. The lowest BCUT2D eigenvalue weighted by Gasteiger charge is -2.09. The Balaban J connectivity index is 1.71. The number of benzene rings is 1. The molecule has 1 aromatic carbocycles. The highest BCUT2D eigenvalue weighted by molar-refractivity contribution is 5.77. The van der Waals surface area contributed by atoms with E-state index in [9.17, 15) is 4.79 Å². The minimum absolute atomic E-state index is 0.00180. The number of nitrogens with zero attached hydrogens (tertiary/aromatic N) is 4. The Labute approximate surface area is 129 Å². The first kappa shape index (κ1) is 15.9. The molecule has 1 amide bonds. The number of ether oxygens (including phenoxy) is 1. The first-order valence-electron chi connectivity index (χ1n) is 7.29. The van der Waals surface area contributed by atoms with Gasteiger partial charge in [-0.1, -0.05) is 17.7 Å². The van der Waals surface area contributed by atoms with Crippen LogP contribution in [-0.2, 0) is 11.2 Å². The molecule has 0 spiro atoms. The summed E-state index contributed by atoms with van der Waals surface area (Å²) in [5, 5.41) is 14.3. The van der Waals surface area contributed by atoms with E-state index >= 15 is 0 Å². The molecular weight excluding hydrogens is 282 g/mol. The number of aryl methyl sites for hydroxylation is 1. The van der Waals surface area contributed by atoms with Crippen molar-refractivity contribution in [2.75, 3.05) is 13.2 Å². The molecule has 0 atom stereocenters. The second kappa shape index (κ2) is 7.53. The molecule has 0 aliphatic carbocycles. The number of tetrazole rings is 1. The van der Waals surface area contributed by atoms with Crippen molar-refractivity contribution in [3.8, 4) is 5.75 Å². The summed E-state index contributed by atoms with van der Waals surface area (Å²) in [6.45, 7) is 6.49. The van der Waals surface area contributed by atoms with Crippen molar-refractivity contribution in [3.63, 3.8) is 0 Å². The maximum atomic E-state index is 11.7. The van der Waals surface area contributed by atoms with Crippen molar-refractivity contribution in [1.29, 1.82) is 0 Å². The van der Waals surface area contributed by atoms with Gasteiger partial charge in [-0.05, 0) is 43.3 Å². The molecule has 2 aromatic rings. The Bertz CT molecular complexity index is 607. The van der Waals surface area contributed by atoms with Crippen LogP contribution in [0.5, 0.6) is 5.75 Å². The lowest BCUT2D eigenvalue weighted by Crippen LogP contribution is -2.31. The lowest BCUT2D eigenvalue weighted by atomic mass is 10.2. The summed E-state index contributed by atoms with van der Waals surface area (Å²) in [4.78, 5) is 11.7. The normalized spacial score (nSPS) is 10.7. The third-order valence-electron chi connectivity index (χ3n) is 3.11. The van der Waals surface area contributed by atoms with Gasteiger partial charge in [-0.3, -0.25) is 4.79 Å². The zero-order valence-corrected chi connectivity index (χ0v) is 13.1. The minimum atomic E-state index is -0.163. The molecule has 0 saturated carbocycles. The first-order chi connectivity index (χ1) is 10.6. The van der Waals surface area contributed by atoms with Crippen LogP contribution in [-0.4, -0.2) is 39.3 Å². The Hall–Kier alpha value is -2.44. The fourth-order valence-electron chi connectivity index (χ4n) is 1.93. The van der Waals surface area contributed by atoms with E-state index in [1.54, 1.807) is 4.68 Å². The van der Waals surface area contributed by atoms with E-state index in [0.29, 0.717) is 18.7 Å². The molecule has 22 heavy (non-hydrogen) atoms. The summed E-state index contributed by atoms with van der Waals surface area (Å²) in [6.07, 6.45) is 0.585. The van der Waals surface area contributed by atoms with Crippen LogP contribution < -0.4 is 10.1 Å². The number of aromatic nitrogens is 4. The summed E-state index contributed by atoms with van der Waals surface area (Å²) in [6, 6.07) is 7.78. The van der Waals surface area contributed by atoms with Crippen LogP contribution in [0.1, 0.15) is 31.3 Å². The molecule has 0 radical (unpaired) electrons. The molecule has 7 nitrogen and oxygen atoms in total. The topological polar surface area (TPSA) is 81.9 Å². The molecule has 1 aromatic heterocycles. The molecule has 1 N–H and O–H groups in total. The molecule has 0 unspecified atom stereocenters. The van der Waals surface area contributed by atoms with Crippen molar-refractivity contribution in [1.82, 2.24) is 25.5 Å². The highest BCUT2D eigenvalue weighted by Crippen LogP contribution is 2.10.